The number of hydrogen-bond donors (Lipinski definition) is 2. The van der Waals surface area contributed by atoms with Gasteiger partial charge in [-0.1, -0.05) is 36.2 Å². The second kappa shape index (κ2) is 6.99. The van der Waals surface area contributed by atoms with Crippen molar-refractivity contribution in [1.82, 2.24) is 10.2 Å². The maximum absolute atomic E-state index is 13.0. The van der Waals surface area contributed by atoms with Crippen LogP contribution in [-0.2, 0) is 4.79 Å². The van der Waals surface area contributed by atoms with E-state index in [9.17, 15) is 4.79 Å². The predicted molar refractivity (Wildman–Crippen MR) is 88.7 cm³/mol. The molecule has 1 amide bonds. The summed E-state index contributed by atoms with van der Waals surface area (Å²) in [5.74, 6) is 0.327. The smallest absolute Gasteiger partial charge is 0.226 e. The molecule has 5 heteroatoms. The number of halogens is 1. The van der Waals surface area contributed by atoms with Crippen molar-refractivity contribution in [1.29, 1.82) is 0 Å². The van der Waals surface area contributed by atoms with Gasteiger partial charge in [0, 0.05) is 36.6 Å². The van der Waals surface area contributed by atoms with E-state index in [-0.39, 0.29) is 23.9 Å². The number of piperazine rings is 1. The quantitative estimate of drug-likeness (QED) is 0.879. The molecule has 0 bridgehead atoms. The van der Waals surface area contributed by atoms with Gasteiger partial charge in [-0.25, -0.2) is 0 Å². The van der Waals surface area contributed by atoms with Crippen molar-refractivity contribution in [3.8, 4) is 0 Å². The van der Waals surface area contributed by atoms with Crippen LogP contribution in [0.25, 0.3) is 0 Å². The zero-order chi connectivity index (χ0) is 15.5. The van der Waals surface area contributed by atoms with Crippen LogP contribution in [0.3, 0.4) is 0 Å². The molecule has 0 radical (unpaired) electrons. The van der Waals surface area contributed by atoms with Crippen LogP contribution in [0.5, 0.6) is 0 Å². The highest BCUT2D eigenvalue weighted by Gasteiger charge is 2.34. The molecule has 1 aromatic carbocycles. The summed E-state index contributed by atoms with van der Waals surface area (Å²) < 4.78 is 0. The van der Waals surface area contributed by atoms with Gasteiger partial charge in [0.15, 0.2) is 0 Å². The summed E-state index contributed by atoms with van der Waals surface area (Å²) in [5.41, 5.74) is 7.09. The van der Waals surface area contributed by atoms with Gasteiger partial charge in [0.2, 0.25) is 5.91 Å². The number of nitrogens with one attached hydrogen (secondary N) is 1. The molecular formula is C17H24ClN3O. The number of carbonyl (C=O) groups is 1. The Bertz CT molecular complexity index is 536. The Balaban J connectivity index is 1.80. The van der Waals surface area contributed by atoms with E-state index in [0.29, 0.717) is 0 Å². The topological polar surface area (TPSA) is 58.4 Å². The molecule has 22 heavy (non-hydrogen) atoms. The van der Waals surface area contributed by atoms with Gasteiger partial charge in [0.05, 0.1) is 6.04 Å². The summed E-state index contributed by atoms with van der Waals surface area (Å²) in [7, 11) is 0. The molecule has 3 unspecified atom stereocenters. The lowest BCUT2D eigenvalue weighted by atomic mass is 9.84. The summed E-state index contributed by atoms with van der Waals surface area (Å²) in [6.07, 6.45) is 3.88. The molecule has 3 atom stereocenters. The predicted octanol–water partition coefficient (Wildman–Crippen LogP) is 2.33. The first-order valence-corrected chi connectivity index (χ1v) is 8.56. The normalized spacial score (nSPS) is 29.4. The third kappa shape index (κ3) is 3.29. The molecule has 1 aliphatic heterocycles. The van der Waals surface area contributed by atoms with E-state index >= 15 is 0 Å². The summed E-state index contributed by atoms with van der Waals surface area (Å²) in [6.45, 7) is 2.33. The number of carbonyl (C=O) groups excluding carboxylic acids is 1. The first kappa shape index (κ1) is 15.8. The Hall–Kier alpha value is -1.10. The van der Waals surface area contributed by atoms with Crippen molar-refractivity contribution < 1.29 is 4.79 Å². The Morgan fingerprint density at radius 3 is 2.91 bits per heavy atom. The van der Waals surface area contributed by atoms with E-state index < -0.39 is 0 Å². The third-order valence-corrected chi connectivity index (χ3v) is 5.20. The Morgan fingerprint density at radius 1 is 1.32 bits per heavy atom. The standard InChI is InChI=1S/C17H24ClN3O/c18-15-7-2-1-6-14(15)16-11-20-8-9-21(16)17(22)12-4-3-5-13(19)10-12/h1-2,6-7,12-13,16,20H,3-5,8-11,19H2. The minimum absolute atomic E-state index is 0.0214. The average Bonchev–Trinajstić information content (AvgIpc) is 2.55. The van der Waals surface area contributed by atoms with E-state index in [1.807, 2.05) is 29.2 Å². The molecule has 3 N–H and O–H groups in total. The summed E-state index contributed by atoms with van der Waals surface area (Å²) in [4.78, 5) is 15.0. The molecule has 3 rings (SSSR count). The zero-order valence-electron chi connectivity index (χ0n) is 12.8. The van der Waals surface area contributed by atoms with E-state index in [4.69, 9.17) is 17.3 Å². The van der Waals surface area contributed by atoms with Crippen LogP contribution < -0.4 is 11.1 Å². The van der Waals surface area contributed by atoms with Crippen molar-refractivity contribution >= 4 is 17.5 Å². The van der Waals surface area contributed by atoms with Gasteiger partial charge in [-0.05, 0) is 30.9 Å². The minimum atomic E-state index is 0.0214. The fourth-order valence-corrected chi connectivity index (χ4v) is 3.94. The SMILES string of the molecule is NC1CCCC(C(=O)N2CCNCC2c2ccccc2Cl)C1. The van der Waals surface area contributed by atoms with Crippen molar-refractivity contribution in [3.63, 3.8) is 0 Å². The molecule has 120 valence electrons. The minimum Gasteiger partial charge on any atom is -0.333 e. The number of nitrogens with zero attached hydrogens (tertiary/aromatic N) is 1. The van der Waals surface area contributed by atoms with Crippen LogP contribution in [0.15, 0.2) is 24.3 Å². The molecule has 0 spiro atoms. The number of benzene rings is 1. The highest BCUT2D eigenvalue weighted by molar-refractivity contribution is 6.31. The van der Waals surface area contributed by atoms with Gasteiger partial charge in [-0.3, -0.25) is 4.79 Å². The molecule has 0 aromatic heterocycles. The van der Waals surface area contributed by atoms with Gasteiger partial charge in [-0.2, -0.15) is 0 Å². The van der Waals surface area contributed by atoms with Crippen LogP contribution in [-0.4, -0.2) is 36.5 Å². The maximum Gasteiger partial charge on any atom is 0.226 e. The fourth-order valence-electron chi connectivity index (χ4n) is 3.68. The number of hydrogen-bond acceptors (Lipinski definition) is 3. The molecule has 1 saturated heterocycles. The molecule has 2 fully saturated rings. The van der Waals surface area contributed by atoms with E-state index in [1.54, 1.807) is 0 Å². The molecule has 1 aromatic rings. The van der Waals surface area contributed by atoms with Crippen LogP contribution in [0.2, 0.25) is 5.02 Å². The second-order valence-corrected chi connectivity index (χ2v) is 6.80. The summed E-state index contributed by atoms with van der Waals surface area (Å²) in [5, 5.41) is 4.11. The first-order valence-electron chi connectivity index (χ1n) is 8.18. The Kier molecular flexibility index (Phi) is 5.01. The fraction of sp³-hybridized carbons (Fsp3) is 0.588. The third-order valence-electron chi connectivity index (χ3n) is 4.85. The Labute approximate surface area is 137 Å². The highest BCUT2D eigenvalue weighted by atomic mass is 35.5. The Morgan fingerprint density at radius 2 is 2.14 bits per heavy atom. The first-order chi connectivity index (χ1) is 10.7. The van der Waals surface area contributed by atoms with Crippen molar-refractivity contribution in [2.75, 3.05) is 19.6 Å². The lowest BCUT2D eigenvalue weighted by molar-refractivity contribution is -0.140. The van der Waals surface area contributed by atoms with Gasteiger partial charge >= 0.3 is 0 Å². The van der Waals surface area contributed by atoms with Crippen molar-refractivity contribution in [3.05, 3.63) is 34.9 Å². The van der Waals surface area contributed by atoms with Crippen LogP contribution in [0.4, 0.5) is 0 Å². The van der Waals surface area contributed by atoms with E-state index in [1.165, 1.54) is 0 Å². The molecule has 1 saturated carbocycles. The highest BCUT2D eigenvalue weighted by Crippen LogP contribution is 2.32. The second-order valence-electron chi connectivity index (χ2n) is 6.40. The van der Waals surface area contributed by atoms with Gasteiger partial charge in [-0.15, -0.1) is 0 Å². The van der Waals surface area contributed by atoms with E-state index in [0.717, 1.165) is 55.9 Å². The number of amides is 1. The molecule has 4 nitrogen and oxygen atoms in total. The zero-order valence-corrected chi connectivity index (χ0v) is 13.6. The largest absolute Gasteiger partial charge is 0.333 e. The summed E-state index contributed by atoms with van der Waals surface area (Å²) >= 11 is 6.35. The lowest BCUT2D eigenvalue weighted by Crippen LogP contribution is -2.51. The monoisotopic (exact) mass is 321 g/mol. The van der Waals surface area contributed by atoms with Crippen molar-refractivity contribution in [2.45, 2.75) is 37.8 Å². The lowest BCUT2D eigenvalue weighted by Gasteiger charge is -2.40. The average molecular weight is 322 g/mol. The molecular weight excluding hydrogens is 298 g/mol. The molecule has 1 aliphatic carbocycles. The van der Waals surface area contributed by atoms with Crippen LogP contribution >= 0.6 is 11.6 Å². The van der Waals surface area contributed by atoms with Gasteiger partial charge in [0.1, 0.15) is 0 Å². The van der Waals surface area contributed by atoms with Crippen molar-refractivity contribution in [2.24, 2.45) is 11.7 Å². The van der Waals surface area contributed by atoms with Crippen LogP contribution in [0, 0.1) is 5.92 Å². The summed E-state index contributed by atoms with van der Waals surface area (Å²) in [6, 6.07) is 8.01. The maximum atomic E-state index is 13.0. The number of nitrogens with two attached hydrogens (primary N) is 1. The van der Waals surface area contributed by atoms with Gasteiger partial charge in [0.25, 0.3) is 0 Å². The molecule has 2 aliphatic rings. The number of rotatable bonds is 2. The molecule has 1 heterocycles. The van der Waals surface area contributed by atoms with Gasteiger partial charge < -0.3 is 16.0 Å². The van der Waals surface area contributed by atoms with E-state index in [2.05, 4.69) is 5.32 Å². The van der Waals surface area contributed by atoms with Crippen LogP contribution in [0.1, 0.15) is 37.3 Å².